The van der Waals surface area contributed by atoms with E-state index in [2.05, 4.69) is 38.7 Å². The molecule has 2 heteroatoms. The van der Waals surface area contributed by atoms with Crippen LogP contribution in [0.2, 0.25) is 0 Å². The van der Waals surface area contributed by atoms with Crippen molar-refractivity contribution in [3.63, 3.8) is 0 Å². The predicted molar refractivity (Wildman–Crippen MR) is 50.5 cm³/mol. The van der Waals surface area contributed by atoms with Gasteiger partial charge < -0.3 is 5.32 Å². The molecule has 0 saturated heterocycles. The molecule has 1 nitrogen and oxygen atoms in total. The maximum Gasteiger partial charge on any atom is 0.0389 e. The van der Waals surface area contributed by atoms with Crippen LogP contribution < -0.4 is 5.32 Å². The monoisotopic (exact) mass is 161 g/mol. The summed E-state index contributed by atoms with van der Waals surface area (Å²) in [7, 11) is 0. The molecule has 1 atom stereocenters. The van der Waals surface area contributed by atoms with Gasteiger partial charge in [0.05, 0.1) is 0 Å². The van der Waals surface area contributed by atoms with Crippen molar-refractivity contribution in [2.24, 2.45) is 5.92 Å². The van der Waals surface area contributed by atoms with Crippen LogP contribution in [0.15, 0.2) is 0 Å². The summed E-state index contributed by atoms with van der Waals surface area (Å²) in [6.07, 6.45) is 2.57. The van der Waals surface area contributed by atoms with Gasteiger partial charge in [0.25, 0.3) is 0 Å². The molecule has 0 aliphatic carbocycles. The maximum atomic E-state index is 4.09. The summed E-state index contributed by atoms with van der Waals surface area (Å²) in [5.41, 5.74) is 0. The lowest BCUT2D eigenvalue weighted by atomic mass is 10.0. The van der Waals surface area contributed by atoms with Crippen molar-refractivity contribution >= 4 is 12.6 Å². The van der Waals surface area contributed by atoms with E-state index in [-0.39, 0.29) is 0 Å². The Kier molecular flexibility index (Phi) is 6.24. The molecule has 62 valence electrons. The Bertz CT molecular complexity index is 73.7. The third-order valence-corrected chi connectivity index (χ3v) is 1.80. The summed E-state index contributed by atoms with van der Waals surface area (Å²) in [5.74, 6) is 1.61. The van der Waals surface area contributed by atoms with E-state index in [1.54, 1.807) is 0 Å². The minimum absolute atomic E-state index is 0.625. The zero-order valence-corrected chi connectivity index (χ0v) is 8.12. The van der Waals surface area contributed by atoms with E-state index >= 15 is 0 Å². The van der Waals surface area contributed by atoms with Gasteiger partial charge in [-0.2, -0.15) is 12.6 Å². The van der Waals surface area contributed by atoms with Crippen LogP contribution in [0.5, 0.6) is 0 Å². The van der Waals surface area contributed by atoms with Crippen LogP contribution in [-0.2, 0) is 0 Å². The van der Waals surface area contributed by atoms with Crippen molar-refractivity contribution in [2.45, 2.75) is 39.7 Å². The van der Waals surface area contributed by atoms with Crippen molar-refractivity contribution in [1.29, 1.82) is 0 Å². The van der Waals surface area contributed by atoms with Crippen LogP contribution in [0.3, 0.4) is 0 Å². The molecule has 0 aliphatic heterocycles. The van der Waals surface area contributed by atoms with E-state index < -0.39 is 0 Å². The second kappa shape index (κ2) is 6.05. The lowest BCUT2D eigenvalue weighted by molar-refractivity contribution is 0.472. The highest BCUT2D eigenvalue weighted by Gasteiger charge is 2.00. The van der Waals surface area contributed by atoms with E-state index in [9.17, 15) is 0 Å². The molecule has 0 saturated carbocycles. The fourth-order valence-corrected chi connectivity index (χ4v) is 1.15. The molecule has 1 unspecified atom stereocenters. The molecule has 0 bridgehead atoms. The molecule has 0 aliphatic rings. The Morgan fingerprint density at radius 3 is 2.20 bits per heavy atom. The fraction of sp³-hybridized carbons (Fsp3) is 1.00. The molecule has 0 amide bonds. The zero-order valence-electron chi connectivity index (χ0n) is 7.22. The predicted octanol–water partition coefficient (Wildman–Crippen LogP) is 2.29. The Hall–Kier alpha value is 0.310. The topological polar surface area (TPSA) is 12.0 Å². The second-order valence-corrected chi connectivity index (χ2v) is 3.55. The Balaban J connectivity index is 3.12. The minimum Gasteiger partial charge on any atom is -0.306 e. The van der Waals surface area contributed by atoms with Crippen LogP contribution in [0, 0.1) is 5.92 Å². The van der Waals surface area contributed by atoms with Crippen molar-refractivity contribution < 1.29 is 0 Å². The second-order valence-electron chi connectivity index (χ2n) is 3.23. The van der Waals surface area contributed by atoms with Gasteiger partial charge in [0, 0.05) is 11.9 Å². The summed E-state index contributed by atoms with van der Waals surface area (Å²) in [4.78, 5) is 0. The van der Waals surface area contributed by atoms with Crippen LogP contribution in [0.25, 0.3) is 0 Å². The summed E-state index contributed by atoms with van der Waals surface area (Å²) in [5, 5.41) is 3.27. The highest BCUT2D eigenvalue weighted by molar-refractivity contribution is 7.80. The minimum atomic E-state index is 0.625. The van der Waals surface area contributed by atoms with Gasteiger partial charge in [-0.05, 0) is 25.7 Å². The molecule has 0 aromatic rings. The molecular formula is C8H19NS. The van der Waals surface area contributed by atoms with Gasteiger partial charge in [0.2, 0.25) is 0 Å². The molecule has 0 aromatic carbocycles. The lowest BCUT2D eigenvalue weighted by Crippen LogP contribution is -2.24. The maximum absolute atomic E-state index is 4.09. The third kappa shape index (κ3) is 6.43. The van der Waals surface area contributed by atoms with Crippen LogP contribution in [0.1, 0.15) is 33.6 Å². The molecule has 1 N–H and O–H groups in total. The van der Waals surface area contributed by atoms with Crippen LogP contribution in [0.4, 0.5) is 0 Å². The molecule has 0 rings (SSSR count). The Labute approximate surface area is 70.0 Å². The highest BCUT2D eigenvalue weighted by atomic mass is 32.1. The van der Waals surface area contributed by atoms with Crippen molar-refractivity contribution in [2.75, 3.05) is 5.88 Å². The van der Waals surface area contributed by atoms with Crippen molar-refractivity contribution in [3.05, 3.63) is 0 Å². The fourth-order valence-electron chi connectivity index (χ4n) is 0.841. The van der Waals surface area contributed by atoms with Crippen LogP contribution in [-0.4, -0.2) is 11.9 Å². The summed E-state index contributed by atoms with van der Waals surface area (Å²) < 4.78 is 0. The highest BCUT2D eigenvalue weighted by Crippen LogP contribution is 2.05. The molecular weight excluding hydrogens is 142 g/mol. The van der Waals surface area contributed by atoms with Crippen LogP contribution >= 0.6 is 12.6 Å². The van der Waals surface area contributed by atoms with E-state index in [1.807, 2.05) is 0 Å². The van der Waals surface area contributed by atoms with Gasteiger partial charge in [-0.3, -0.25) is 0 Å². The average molecular weight is 161 g/mol. The Morgan fingerprint density at radius 1 is 1.20 bits per heavy atom. The summed E-state index contributed by atoms with van der Waals surface area (Å²) in [6, 6.07) is 0.625. The smallest absolute Gasteiger partial charge is 0.0389 e. The summed E-state index contributed by atoms with van der Waals surface area (Å²) in [6.45, 7) is 6.72. The first kappa shape index (κ1) is 10.3. The average Bonchev–Trinajstić information content (AvgIpc) is 1.85. The quantitative estimate of drug-likeness (QED) is 0.466. The van der Waals surface area contributed by atoms with Gasteiger partial charge in [-0.1, -0.05) is 13.8 Å². The molecule has 0 radical (unpaired) electrons. The van der Waals surface area contributed by atoms with E-state index in [0.717, 1.165) is 11.8 Å². The normalized spacial score (nSPS) is 14.1. The number of thiol groups is 1. The molecule has 10 heavy (non-hydrogen) atoms. The Morgan fingerprint density at radius 2 is 1.80 bits per heavy atom. The summed E-state index contributed by atoms with van der Waals surface area (Å²) >= 11 is 4.09. The zero-order chi connectivity index (χ0) is 7.98. The van der Waals surface area contributed by atoms with Crippen molar-refractivity contribution in [1.82, 2.24) is 5.32 Å². The van der Waals surface area contributed by atoms with Crippen molar-refractivity contribution in [3.8, 4) is 0 Å². The SMILES string of the molecule is CC(C)CCC(C)NCS. The van der Waals surface area contributed by atoms with Gasteiger partial charge >= 0.3 is 0 Å². The first-order chi connectivity index (χ1) is 4.66. The van der Waals surface area contributed by atoms with E-state index in [1.165, 1.54) is 12.8 Å². The number of rotatable bonds is 5. The number of nitrogens with one attached hydrogen (secondary N) is 1. The standard InChI is InChI=1S/C8H19NS/c1-7(2)4-5-8(3)9-6-10/h7-10H,4-6H2,1-3H3. The molecule has 0 spiro atoms. The molecule has 0 heterocycles. The third-order valence-electron chi connectivity index (χ3n) is 1.62. The van der Waals surface area contributed by atoms with Gasteiger partial charge in [-0.25, -0.2) is 0 Å². The van der Waals surface area contributed by atoms with E-state index in [4.69, 9.17) is 0 Å². The number of hydrogen-bond acceptors (Lipinski definition) is 2. The molecule has 0 aromatic heterocycles. The molecule has 0 fully saturated rings. The number of hydrogen-bond donors (Lipinski definition) is 2. The first-order valence-corrected chi connectivity index (χ1v) is 4.64. The first-order valence-electron chi connectivity index (χ1n) is 4.01. The van der Waals surface area contributed by atoms with Gasteiger partial charge in [0.1, 0.15) is 0 Å². The van der Waals surface area contributed by atoms with E-state index in [0.29, 0.717) is 6.04 Å². The van der Waals surface area contributed by atoms with Gasteiger partial charge in [-0.15, -0.1) is 0 Å². The van der Waals surface area contributed by atoms with Gasteiger partial charge in [0.15, 0.2) is 0 Å². The lowest BCUT2D eigenvalue weighted by Gasteiger charge is -2.12. The largest absolute Gasteiger partial charge is 0.306 e.